The number of rotatable bonds is 9. The Balaban J connectivity index is 3.17. The fourth-order valence-electron chi connectivity index (χ4n) is 2.25. The Hall–Kier alpha value is -1.63. The van der Waals surface area contributed by atoms with E-state index in [1.54, 1.807) is 0 Å². The molecule has 138 valence electrons. The molecule has 0 aliphatic heterocycles. The van der Waals surface area contributed by atoms with Crippen LogP contribution in [0.2, 0.25) is 0 Å². The summed E-state index contributed by atoms with van der Waals surface area (Å²) in [6, 6.07) is 0.698. The predicted molar refractivity (Wildman–Crippen MR) is 102 cm³/mol. The molecular weight excluding hydrogens is 302 g/mol. The minimum atomic E-state index is 0.179. The summed E-state index contributed by atoms with van der Waals surface area (Å²) in [6.07, 6.45) is 1.04. The maximum atomic E-state index is 4.69. The van der Waals surface area contributed by atoms with Crippen LogP contribution >= 0.6 is 0 Å². The molecule has 0 radical (unpaired) electrons. The summed E-state index contributed by atoms with van der Waals surface area (Å²) in [4.78, 5) is 16.2. The van der Waals surface area contributed by atoms with Crippen LogP contribution in [0.15, 0.2) is 4.99 Å². The van der Waals surface area contributed by atoms with Gasteiger partial charge >= 0.3 is 0 Å². The summed E-state index contributed by atoms with van der Waals surface area (Å²) >= 11 is 0. The topological polar surface area (TPSA) is 70.4 Å². The Bertz CT molecular complexity index is 559. The predicted octanol–water partition coefficient (Wildman–Crippen LogP) is 2.35. The first-order valence-electron chi connectivity index (χ1n) is 8.90. The maximum Gasteiger partial charge on any atom is 0.231 e. The lowest BCUT2D eigenvalue weighted by Gasteiger charge is -2.20. The van der Waals surface area contributed by atoms with Gasteiger partial charge in [-0.2, -0.15) is 9.97 Å². The molecule has 0 atom stereocenters. The standard InChI is InChI=1S/C17H35N7/c1-12(2)19-16-21-15(18-10-9-11-23(7)8)22-17(20-13(3)4)24(16)14(5)6/h12-14H,9-11H2,1-8H3,(H2,18,19,20,21,22). The van der Waals surface area contributed by atoms with Gasteiger partial charge in [-0.1, -0.05) is 0 Å². The van der Waals surface area contributed by atoms with E-state index in [1.165, 1.54) is 0 Å². The smallest absolute Gasteiger partial charge is 0.231 e. The first-order valence-corrected chi connectivity index (χ1v) is 8.90. The normalized spacial score (nSPS) is 12.8. The van der Waals surface area contributed by atoms with E-state index in [4.69, 9.17) is 0 Å². The largest absolute Gasteiger partial charge is 0.354 e. The molecule has 0 amide bonds. The molecular formula is C17H35N7. The zero-order chi connectivity index (χ0) is 18.3. The zero-order valence-electron chi connectivity index (χ0n) is 16.6. The van der Waals surface area contributed by atoms with Crippen molar-refractivity contribution in [3.05, 3.63) is 5.62 Å². The van der Waals surface area contributed by atoms with Crippen molar-refractivity contribution in [2.45, 2.75) is 66.1 Å². The molecule has 0 aromatic carbocycles. The Morgan fingerprint density at radius 1 is 1.08 bits per heavy atom. The van der Waals surface area contributed by atoms with E-state index in [2.05, 4.69) is 90.7 Å². The van der Waals surface area contributed by atoms with Gasteiger partial charge in [0, 0.05) is 24.7 Å². The number of hydrogen-bond acceptors (Lipinski definition) is 6. The minimum absolute atomic E-state index is 0.179. The fourth-order valence-corrected chi connectivity index (χ4v) is 2.25. The Morgan fingerprint density at radius 3 is 2.25 bits per heavy atom. The first kappa shape index (κ1) is 20.4. The summed E-state index contributed by atoms with van der Waals surface area (Å²) in [5.41, 5.74) is 0.716. The highest BCUT2D eigenvalue weighted by Crippen LogP contribution is 2.12. The molecule has 24 heavy (non-hydrogen) atoms. The molecule has 1 rings (SSSR count). The van der Waals surface area contributed by atoms with Crippen LogP contribution in [0.3, 0.4) is 0 Å². The molecule has 1 aromatic rings. The summed E-state index contributed by atoms with van der Waals surface area (Å²) in [5, 5.41) is 6.75. The molecule has 0 spiro atoms. The second-order valence-electron chi connectivity index (χ2n) is 7.24. The molecule has 1 heterocycles. The van der Waals surface area contributed by atoms with Gasteiger partial charge in [-0.3, -0.25) is 4.57 Å². The molecule has 0 fully saturated rings. The van der Waals surface area contributed by atoms with E-state index >= 15 is 0 Å². The lowest BCUT2D eigenvalue weighted by molar-refractivity contribution is 0.405. The van der Waals surface area contributed by atoms with Gasteiger partial charge in [0.15, 0.2) is 0 Å². The van der Waals surface area contributed by atoms with E-state index in [9.17, 15) is 0 Å². The molecule has 7 nitrogen and oxygen atoms in total. The van der Waals surface area contributed by atoms with Gasteiger partial charge in [0.2, 0.25) is 17.5 Å². The van der Waals surface area contributed by atoms with Crippen LogP contribution in [0.1, 0.15) is 54.0 Å². The second-order valence-corrected chi connectivity index (χ2v) is 7.24. The van der Waals surface area contributed by atoms with Crippen molar-refractivity contribution >= 4 is 11.9 Å². The van der Waals surface area contributed by atoms with E-state index in [0.29, 0.717) is 17.6 Å². The summed E-state index contributed by atoms with van der Waals surface area (Å²) in [7, 11) is 4.16. The van der Waals surface area contributed by atoms with Gasteiger partial charge in [0.05, 0.1) is 0 Å². The van der Waals surface area contributed by atoms with Crippen LogP contribution in [0.25, 0.3) is 0 Å². The van der Waals surface area contributed by atoms with Crippen molar-refractivity contribution in [3.8, 4) is 0 Å². The third-order valence-electron chi connectivity index (χ3n) is 3.23. The van der Waals surface area contributed by atoms with Gasteiger partial charge in [0.25, 0.3) is 0 Å². The van der Waals surface area contributed by atoms with Crippen LogP contribution < -0.4 is 16.3 Å². The van der Waals surface area contributed by atoms with Gasteiger partial charge in [-0.05, 0) is 68.6 Å². The van der Waals surface area contributed by atoms with E-state index in [-0.39, 0.29) is 12.1 Å². The Labute approximate surface area is 146 Å². The van der Waals surface area contributed by atoms with Gasteiger partial charge in [0.1, 0.15) is 0 Å². The summed E-state index contributed by atoms with van der Waals surface area (Å²) in [5.74, 6) is 1.44. The average molecular weight is 338 g/mol. The second kappa shape index (κ2) is 9.61. The maximum absolute atomic E-state index is 4.69. The van der Waals surface area contributed by atoms with Crippen LogP contribution in [-0.4, -0.2) is 58.7 Å². The molecule has 0 aliphatic rings. The van der Waals surface area contributed by atoms with Crippen molar-refractivity contribution < 1.29 is 0 Å². The van der Waals surface area contributed by atoms with Crippen molar-refractivity contribution in [3.63, 3.8) is 0 Å². The average Bonchev–Trinajstić information content (AvgIpc) is 2.41. The lowest BCUT2D eigenvalue weighted by Crippen LogP contribution is -2.33. The number of hydrogen-bond donors (Lipinski definition) is 2. The lowest BCUT2D eigenvalue weighted by atomic mass is 10.3. The molecule has 0 saturated carbocycles. The third-order valence-corrected chi connectivity index (χ3v) is 3.23. The van der Waals surface area contributed by atoms with Gasteiger partial charge < -0.3 is 15.5 Å². The Morgan fingerprint density at radius 2 is 1.75 bits per heavy atom. The molecule has 0 bridgehead atoms. The molecule has 7 heteroatoms. The minimum Gasteiger partial charge on any atom is -0.354 e. The van der Waals surface area contributed by atoms with Crippen LogP contribution in [-0.2, 0) is 0 Å². The monoisotopic (exact) mass is 337 g/mol. The molecule has 0 unspecified atom stereocenters. The number of nitrogens with zero attached hydrogens (tertiary/aromatic N) is 5. The highest BCUT2D eigenvalue weighted by atomic mass is 15.3. The first-order chi connectivity index (χ1) is 11.2. The van der Waals surface area contributed by atoms with Crippen LogP contribution in [0.4, 0.5) is 11.9 Å². The van der Waals surface area contributed by atoms with Crippen LogP contribution in [0, 0.1) is 0 Å². The summed E-state index contributed by atoms with van der Waals surface area (Å²) < 4.78 is 2.06. The fraction of sp³-hybridized carbons (Fsp3) is 0.824. The molecule has 2 N–H and O–H groups in total. The van der Waals surface area contributed by atoms with Crippen LogP contribution in [0.5, 0.6) is 0 Å². The highest BCUT2D eigenvalue weighted by Gasteiger charge is 2.13. The third kappa shape index (κ3) is 6.86. The van der Waals surface area contributed by atoms with Crippen molar-refractivity contribution in [1.82, 2.24) is 19.4 Å². The molecule has 0 aliphatic carbocycles. The van der Waals surface area contributed by atoms with Gasteiger partial charge in [-0.15, -0.1) is 0 Å². The van der Waals surface area contributed by atoms with Crippen molar-refractivity contribution in [2.75, 3.05) is 37.8 Å². The SMILES string of the molecule is CC(C)N=c1nc(NCCCN(C)C)nc(NC(C)C)n1C(C)C. The summed E-state index contributed by atoms with van der Waals surface area (Å²) in [6.45, 7) is 14.5. The van der Waals surface area contributed by atoms with Gasteiger partial charge in [-0.25, -0.2) is 4.99 Å². The van der Waals surface area contributed by atoms with Crippen molar-refractivity contribution in [1.29, 1.82) is 0 Å². The van der Waals surface area contributed by atoms with E-state index < -0.39 is 0 Å². The Kier molecular flexibility index (Phi) is 8.18. The molecule has 0 saturated heterocycles. The van der Waals surface area contributed by atoms with Crippen molar-refractivity contribution in [2.24, 2.45) is 4.99 Å². The quantitative estimate of drug-likeness (QED) is 0.677. The highest BCUT2D eigenvalue weighted by molar-refractivity contribution is 5.35. The number of anilines is 2. The van der Waals surface area contributed by atoms with E-state index in [1.807, 2.05) is 0 Å². The molecule has 1 aromatic heterocycles. The number of aromatic nitrogens is 3. The zero-order valence-corrected chi connectivity index (χ0v) is 16.6. The number of nitrogens with one attached hydrogen (secondary N) is 2. The van der Waals surface area contributed by atoms with E-state index in [0.717, 1.165) is 25.5 Å².